The van der Waals surface area contributed by atoms with Gasteiger partial charge in [0.25, 0.3) is 0 Å². The van der Waals surface area contributed by atoms with E-state index in [1.54, 1.807) is 6.20 Å². The number of carbonyl (C=O) groups is 1. The monoisotopic (exact) mass is 289 g/mol. The van der Waals surface area contributed by atoms with Crippen molar-refractivity contribution >= 4 is 17.7 Å². The molecule has 0 fully saturated rings. The summed E-state index contributed by atoms with van der Waals surface area (Å²) >= 11 is 1.48. The first kappa shape index (κ1) is 14.7. The van der Waals surface area contributed by atoms with Gasteiger partial charge in [0, 0.05) is 32.5 Å². The van der Waals surface area contributed by atoms with Gasteiger partial charge in [0.1, 0.15) is 0 Å². The van der Waals surface area contributed by atoms with E-state index in [0.717, 1.165) is 17.3 Å². The van der Waals surface area contributed by atoms with E-state index in [4.69, 9.17) is 0 Å². The number of thioether (sulfide) groups is 1. The fraction of sp³-hybridized carbons (Fsp3) is 0.333. The number of benzene rings is 1. The molecule has 0 atom stereocenters. The van der Waals surface area contributed by atoms with Gasteiger partial charge in [-0.2, -0.15) is 0 Å². The summed E-state index contributed by atoms with van der Waals surface area (Å²) in [5, 5.41) is 0.870. The Labute approximate surface area is 123 Å². The van der Waals surface area contributed by atoms with Gasteiger partial charge in [-0.05, 0) is 12.5 Å². The summed E-state index contributed by atoms with van der Waals surface area (Å²) in [7, 11) is 1.93. The molecule has 0 aliphatic rings. The van der Waals surface area contributed by atoms with Gasteiger partial charge >= 0.3 is 0 Å². The van der Waals surface area contributed by atoms with E-state index in [1.165, 1.54) is 11.8 Å². The van der Waals surface area contributed by atoms with E-state index in [9.17, 15) is 4.79 Å². The Kier molecular flexibility index (Phi) is 5.24. The van der Waals surface area contributed by atoms with Crippen LogP contribution in [0.4, 0.5) is 0 Å². The van der Waals surface area contributed by atoms with Crippen molar-refractivity contribution in [1.82, 2.24) is 14.5 Å². The number of hydrogen-bond acceptors (Lipinski definition) is 3. The van der Waals surface area contributed by atoms with Crippen molar-refractivity contribution < 1.29 is 4.79 Å². The quantitative estimate of drug-likeness (QED) is 0.767. The molecule has 0 spiro atoms. The Hall–Kier alpha value is -1.75. The zero-order chi connectivity index (χ0) is 14.4. The minimum atomic E-state index is 0.143. The maximum absolute atomic E-state index is 12.3. The van der Waals surface area contributed by atoms with E-state index < -0.39 is 0 Å². The minimum Gasteiger partial charge on any atom is -0.338 e. The number of imidazole rings is 1. The topological polar surface area (TPSA) is 38.1 Å². The molecule has 0 N–H and O–H groups in total. The van der Waals surface area contributed by atoms with E-state index in [-0.39, 0.29) is 5.91 Å². The van der Waals surface area contributed by atoms with Crippen LogP contribution in [0.5, 0.6) is 0 Å². The number of aromatic nitrogens is 2. The molecule has 1 heterocycles. The molecule has 20 heavy (non-hydrogen) atoms. The van der Waals surface area contributed by atoms with E-state index in [1.807, 2.05) is 60.0 Å². The Morgan fingerprint density at radius 1 is 1.35 bits per heavy atom. The van der Waals surface area contributed by atoms with Crippen LogP contribution < -0.4 is 0 Å². The van der Waals surface area contributed by atoms with Gasteiger partial charge in [0.2, 0.25) is 5.91 Å². The van der Waals surface area contributed by atoms with Gasteiger partial charge in [-0.15, -0.1) is 0 Å². The Morgan fingerprint density at radius 3 is 2.70 bits per heavy atom. The SMILES string of the molecule is CCN(Cc1ccccc1)C(=O)CSc1nccn1C. The summed E-state index contributed by atoms with van der Waals surface area (Å²) < 4.78 is 1.92. The first-order valence-corrected chi connectivity index (χ1v) is 7.61. The highest BCUT2D eigenvalue weighted by atomic mass is 32.2. The molecule has 5 heteroatoms. The summed E-state index contributed by atoms with van der Waals surface area (Å²) in [6, 6.07) is 10.1. The normalized spacial score (nSPS) is 10.5. The van der Waals surface area contributed by atoms with Crippen LogP contribution in [0, 0.1) is 0 Å². The molecule has 0 saturated carbocycles. The second-order valence-corrected chi connectivity index (χ2v) is 5.45. The van der Waals surface area contributed by atoms with Crippen molar-refractivity contribution in [2.24, 2.45) is 7.05 Å². The van der Waals surface area contributed by atoms with Crippen LogP contribution in [0.1, 0.15) is 12.5 Å². The van der Waals surface area contributed by atoms with Gasteiger partial charge in [0.15, 0.2) is 5.16 Å². The van der Waals surface area contributed by atoms with E-state index in [2.05, 4.69) is 4.98 Å². The average molecular weight is 289 g/mol. The number of aryl methyl sites for hydroxylation is 1. The molecule has 1 amide bonds. The molecule has 1 aromatic heterocycles. The fourth-order valence-electron chi connectivity index (χ4n) is 1.89. The molecule has 4 nitrogen and oxygen atoms in total. The molecular weight excluding hydrogens is 270 g/mol. The van der Waals surface area contributed by atoms with Gasteiger partial charge in [-0.1, -0.05) is 42.1 Å². The zero-order valence-corrected chi connectivity index (χ0v) is 12.6. The second kappa shape index (κ2) is 7.14. The number of amides is 1. The average Bonchev–Trinajstić information content (AvgIpc) is 2.88. The maximum Gasteiger partial charge on any atom is 0.233 e. The van der Waals surface area contributed by atoms with Crippen molar-refractivity contribution in [2.75, 3.05) is 12.3 Å². The van der Waals surface area contributed by atoms with Gasteiger partial charge < -0.3 is 9.47 Å². The number of carbonyl (C=O) groups excluding carboxylic acids is 1. The van der Waals surface area contributed by atoms with Gasteiger partial charge in [-0.25, -0.2) is 4.98 Å². The van der Waals surface area contributed by atoms with Crippen molar-refractivity contribution in [3.63, 3.8) is 0 Å². The molecule has 0 aliphatic carbocycles. The summed E-state index contributed by atoms with van der Waals surface area (Å²) in [5.74, 6) is 0.565. The predicted molar refractivity (Wildman–Crippen MR) is 81.5 cm³/mol. The van der Waals surface area contributed by atoms with Crippen molar-refractivity contribution in [3.05, 3.63) is 48.3 Å². The van der Waals surface area contributed by atoms with Crippen molar-refractivity contribution in [1.29, 1.82) is 0 Å². The summed E-state index contributed by atoms with van der Waals surface area (Å²) in [4.78, 5) is 18.3. The van der Waals surface area contributed by atoms with E-state index in [0.29, 0.717) is 12.3 Å². The second-order valence-electron chi connectivity index (χ2n) is 4.50. The molecule has 0 bridgehead atoms. The van der Waals surface area contributed by atoms with Crippen molar-refractivity contribution in [2.45, 2.75) is 18.6 Å². The molecule has 0 unspecified atom stereocenters. The largest absolute Gasteiger partial charge is 0.338 e. The number of nitrogens with zero attached hydrogens (tertiary/aromatic N) is 3. The molecule has 106 valence electrons. The van der Waals surface area contributed by atoms with Crippen LogP contribution in [0.25, 0.3) is 0 Å². The molecule has 0 aliphatic heterocycles. The number of hydrogen-bond donors (Lipinski definition) is 0. The smallest absolute Gasteiger partial charge is 0.233 e. The van der Waals surface area contributed by atoms with Crippen molar-refractivity contribution in [3.8, 4) is 0 Å². The molecule has 0 saturated heterocycles. The van der Waals surface area contributed by atoms with Crippen LogP contribution in [0.15, 0.2) is 47.9 Å². The highest BCUT2D eigenvalue weighted by molar-refractivity contribution is 7.99. The third kappa shape index (κ3) is 3.87. The molecular formula is C15H19N3OS. The van der Waals surface area contributed by atoms with E-state index >= 15 is 0 Å². The van der Waals surface area contributed by atoms with Gasteiger partial charge in [-0.3, -0.25) is 4.79 Å². The predicted octanol–water partition coefficient (Wildman–Crippen LogP) is 2.56. The third-order valence-electron chi connectivity index (χ3n) is 3.05. The molecule has 2 aromatic rings. The third-order valence-corrected chi connectivity index (χ3v) is 4.10. The highest BCUT2D eigenvalue weighted by Gasteiger charge is 2.13. The summed E-state index contributed by atoms with van der Waals surface area (Å²) in [6.07, 6.45) is 3.63. The van der Waals surface area contributed by atoms with Crippen LogP contribution in [-0.4, -0.2) is 32.7 Å². The first-order chi connectivity index (χ1) is 9.70. The van der Waals surface area contributed by atoms with Crippen LogP contribution in [0.3, 0.4) is 0 Å². The standard InChI is InChI=1S/C15H19N3OS/c1-3-18(11-13-7-5-4-6-8-13)14(19)12-20-15-16-9-10-17(15)2/h4-10H,3,11-12H2,1-2H3. The maximum atomic E-state index is 12.3. The molecule has 0 radical (unpaired) electrons. The molecule has 1 aromatic carbocycles. The van der Waals surface area contributed by atoms with Crippen LogP contribution in [-0.2, 0) is 18.4 Å². The lowest BCUT2D eigenvalue weighted by Gasteiger charge is -2.20. The Balaban J connectivity index is 1.91. The van der Waals surface area contributed by atoms with Crippen LogP contribution in [0.2, 0.25) is 0 Å². The zero-order valence-electron chi connectivity index (χ0n) is 11.8. The Bertz CT molecular complexity index is 553. The summed E-state index contributed by atoms with van der Waals surface area (Å²) in [6.45, 7) is 3.39. The lowest BCUT2D eigenvalue weighted by Crippen LogP contribution is -2.31. The minimum absolute atomic E-state index is 0.143. The lowest BCUT2D eigenvalue weighted by atomic mass is 10.2. The van der Waals surface area contributed by atoms with Crippen LogP contribution >= 0.6 is 11.8 Å². The first-order valence-electron chi connectivity index (χ1n) is 6.62. The van der Waals surface area contributed by atoms with Gasteiger partial charge in [0.05, 0.1) is 5.75 Å². The molecule has 2 rings (SSSR count). The highest BCUT2D eigenvalue weighted by Crippen LogP contribution is 2.15. The fourth-order valence-corrected chi connectivity index (χ4v) is 2.72. The lowest BCUT2D eigenvalue weighted by molar-refractivity contribution is -0.128. The summed E-state index contributed by atoms with van der Waals surface area (Å²) in [5.41, 5.74) is 1.16. The number of rotatable bonds is 6. The Morgan fingerprint density at radius 2 is 2.10 bits per heavy atom.